The van der Waals surface area contributed by atoms with Crippen LogP contribution in [0.25, 0.3) is 0 Å². The molecule has 0 aromatic heterocycles. The third kappa shape index (κ3) is 3.31. The molecule has 1 aromatic carbocycles. The number of para-hydroxylation sites is 1. The molecular formula is C13H14N2O4S. The number of nitrogens with zero attached hydrogens (tertiary/aromatic N) is 1. The van der Waals surface area contributed by atoms with Crippen LogP contribution in [0.4, 0.5) is 5.69 Å². The standard InChI is InChI=1S/C13H14N2O4S/c1-8-6-14-13(20-8)15-10-5-3-4-9(12(16)17)11(10)19-7-18-2/h3-5H,1,6-7H2,2H3,(H,14,15)(H,16,17). The normalized spacial score (nSPS) is 14.1. The molecule has 0 fully saturated rings. The Labute approximate surface area is 120 Å². The van der Waals surface area contributed by atoms with E-state index in [1.54, 1.807) is 12.1 Å². The summed E-state index contributed by atoms with van der Waals surface area (Å²) in [7, 11) is 1.47. The van der Waals surface area contributed by atoms with Gasteiger partial charge in [-0.15, -0.1) is 0 Å². The second kappa shape index (κ2) is 6.44. The van der Waals surface area contributed by atoms with Crippen LogP contribution in [0, 0.1) is 0 Å². The zero-order valence-corrected chi connectivity index (χ0v) is 11.7. The van der Waals surface area contributed by atoms with Gasteiger partial charge in [-0.05, 0) is 12.1 Å². The number of carboxylic acid groups (broad SMARTS) is 1. The second-order valence-electron chi connectivity index (χ2n) is 3.93. The zero-order valence-electron chi connectivity index (χ0n) is 10.9. The molecule has 0 aliphatic carbocycles. The van der Waals surface area contributed by atoms with Gasteiger partial charge in [-0.3, -0.25) is 4.99 Å². The van der Waals surface area contributed by atoms with Crippen molar-refractivity contribution >= 4 is 28.6 Å². The molecule has 2 rings (SSSR count). The van der Waals surface area contributed by atoms with Crippen LogP contribution in [0.5, 0.6) is 5.75 Å². The fourth-order valence-electron chi connectivity index (χ4n) is 1.62. The number of aromatic carboxylic acids is 1. The Balaban J connectivity index is 2.28. The zero-order chi connectivity index (χ0) is 14.5. The van der Waals surface area contributed by atoms with Gasteiger partial charge in [0.2, 0.25) is 0 Å². The van der Waals surface area contributed by atoms with Crippen molar-refractivity contribution in [1.82, 2.24) is 0 Å². The fourth-order valence-corrected chi connectivity index (χ4v) is 2.31. The van der Waals surface area contributed by atoms with Crippen molar-refractivity contribution < 1.29 is 19.4 Å². The number of hydrogen-bond donors (Lipinski definition) is 2. The van der Waals surface area contributed by atoms with E-state index in [4.69, 9.17) is 9.47 Å². The summed E-state index contributed by atoms with van der Waals surface area (Å²) in [6, 6.07) is 4.84. The predicted molar refractivity (Wildman–Crippen MR) is 78.6 cm³/mol. The number of anilines is 1. The highest BCUT2D eigenvalue weighted by Crippen LogP contribution is 2.32. The minimum atomic E-state index is -1.06. The maximum absolute atomic E-state index is 11.2. The number of hydrogen-bond acceptors (Lipinski definition) is 6. The van der Waals surface area contributed by atoms with E-state index in [2.05, 4.69) is 16.9 Å². The number of ether oxygens (including phenoxy) is 2. The molecular weight excluding hydrogens is 280 g/mol. The highest BCUT2D eigenvalue weighted by Gasteiger charge is 2.18. The van der Waals surface area contributed by atoms with Gasteiger partial charge in [0.25, 0.3) is 0 Å². The smallest absolute Gasteiger partial charge is 0.339 e. The molecule has 0 saturated heterocycles. The second-order valence-corrected chi connectivity index (χ2v) is 5.09. The monoisotopic (exact) mass is 294 g/mol. The number of methoxy groups -OCH3 is 1. The lowest BCUT2D eigenvalue weighted by Crippen LogP contribution is -2.11. The summed E-state index contributed by atoms with van der Waals surface area (Å²) >= 11 is 1.42. The number of nitrogens with one attached hydrogen (secondary N) is 1. The van der Waals surface area contributed by atoms with Crippen LogP contribution < -0.4 is 10.1 Å². The summed E-state index contributed by atoms with van der Waals surface area (Å²) in [5, 5.41) is 12.9. The number of thioether (sulfide) groups is 1. The molecule has 7 heteroatoms. The van der Waals surface area contributed by atoms with Crippen molar-refractivity contribution in [2.75, 3.05) is 25.8 Å². The van der Waals surface area contributed by atoms with E-state index < -0.39 is 5.97 Å². The minimum Gasteiger partial charge on any atom is -0.478 e. The Morgan fingerprint density at radius 3 is 3.00 bits per heavy atom. The molecule has 0 unspecified atom stereocenters. The highest BCUT2D eigenvalue weighted by molar-refractivity contribution is 8.17. The molecule has 106 valence electrons. The maximum atomic E-state index is 11.2. The van der Waals surface area contributed by atoms with Gasteiger partial charge >= 0.3 is 5.97 Å². The summed E-state index contributed by atoms with van der Waals surface area (Å²) < 4.78 is 10.2. The third-order valence-electron chi connectivity index (χ3n) is 2.45. The highest BCUT2D eigenvalue weighted by atomic mass is 32.2. The summed E-state index contributed by atoms with van der Waals surface area (Å²) in [6.45, 7) is 4.35. The van der Waals surface area contributed by atoms with Crippen molar-refractivity contribution in [3.8, 4) is 5.75 Å². The van der Waals surface area contributed by atoms with Crippen LogP contribution in [-0.4, -0.2) is 36.7 Å². The SMILES string of the molecule is C=C1CN=C(Nc2cccc(C(=O)O)c2OCOC)S1. The lowest BCUT2D eigenvalue weighted by Gasteiger charge is -2.14. The van der Waals surface area contributed by atoms with Gasteiger partial charge in [-0.25, -0.2) is 4.79 Å². The number of benzene rings is 1. The van der Waals surface area contributed by atoms with E-state index in [1.807, 2.05) is 0 Å². The van der Waals surface area contributed by atoms with Gasteiger partial charge in [-0.1, -0.05) is 24.4 Å². The quantitative estimate of drug-likeness (QED) is 0.812. The summed E-state index contributed by atoms with van der Waals surface area (Å²) in [4.78, 5) is 16.4. The van der Waals surface area contributed by atoms with Crippen LogP contribution in [0.15, 0.2) is 34.7 Å². The molecule has 6 nitrogen and oxygen atoms in total. The van der Waals surface area contributed by atoms with Crippen LogP contribution in [0.1, 0.15) is 10.4 Å². The van der Waals surface area contributed by atoms with Crippen molar-refractivity contribution in [2.24, 2.45) is 4.99 Å². The maximum Gasteiger partial charge on any atom is 0.339 e. The van der Waals surface area contributed by atoms with Gasteiger partial charge in [0.05, 0.1) is 12.2 Å². The van der Waals surface area contributed by atoms with E-state index >= 15 is 0 Å². The average Bonchev–Trinajstić information content (AvgIpc) is 2.82. The Bertz CT molecular complexity index is 571. The summed E-state index contributed by atoms with van der Waals surface area (Å²) in [5.41, 5.74) is 0.595. The Morgan fingerprint density at radius 2 is 2.40 bits per heavy atom. The van der Waals surface area contributed by atoms with Gasteiger partial charge < -0.3 is 19.9 Å². The molecule has 0 spiro atoms. The van der Waals surface area contributed by atoms with Crippen molar-refractivity contribution in [3.05, 3.63) is 35.2 Å². The molecule has 20 heavy (non-hydrogen) atoms. The molecule has 0 radical (unpaired) electrons. The number of rotatable bonds is 5. The van der Waals surface area contributed by atoms with Crippen molar-refractivity contribution in [3.63, 3.8) is 0 Å². The lowest BCUT2D eigenvalue weighted by molar-refractivity contribution is 0.0489. The molecule has 1 aromatic rings. The first-order valence-corrected chi connectivity index (χ1v) is 6.58. The molecule has 0 bridgehead atoms. The molecule has 0 atom stereocenters. The number of amidine groups is 1. The Morgan fingerprint density at radius 1 is 1.60 bits per heavy atom. The first-order chi connectivity index (χ1) is 9.61. The van der Waals surface area contributed by atoms with E-state index in [0.29, 0.717) is 17.4 Å². The van der Waals surface area contributed by atoms with E-state index in [-0.39, 0.29) is 18.1 Å². The molecule has 1 aliphatic rings. The number of carboxylic acids is 1. The van der Waals surface area contributed by atoms with Gasteiger partial charge in [0.15, 0.2) is 17.7 Å². The lowest BCUT2D eigenvalue weighted by atomic mass is 10.1. The van der Waals surface area contributed by atoms with Gasteiger partial charge in [0.1, 0.15) is 5.56 Å². The predicted octanol–water partition coefficient (Wildman–Crippen LogP) is 2.40. The summed E-state index contributed by atoms with van der Waals surface area (Å²) in [6.07, 6.45) is 0. The molecule has 0 saturated carbocycles. The Kier molecular flexibility index (Phi) is 4.65. The number of carbonyl (C=O) groups is 1. The van der Waals surface area contributed by atoms with Crippen molar-refractivity contribution in [2.45, 2.75) is 0 Å². The van der Waals surface area contributed by atoms with E-state index in [9.17, 15) is 9.90 Å². The first-order valence-electron chi connectivity index (χ1n) is 5.77. The number of aliphatic imine (C=N–C) groups is 1. The van der Waals surface area contributed by atoms with Crippen LogP contribution >= 0.6 is 11.8 Å². The largest absolute Gasteiger partial charge is 0.478 e. The van der Waals surface area contributed by atoms with Gasteiger partial charge in [0, 0.05) is 12.0 Å². The molecule has 1 aliphatic heterocycles. The van der Waals surface area contributed by atoms with Crippen molar-refractivity contribution in [1.29, 1.82) is 0 Å². The average molecular weight is 294 g/mol. The first kappa shape index (κ1) is 14.4. The third-order valence-corrected chi connectivity index (χ3v) is 3.29. The van der Waals surface area contributed by atoms with Crippen LogP contribution in [0.2, 0.25) is 0 Å². The molecule has 2 N–H and O–H groups in total. The Hall–Kier alpha value is -1.99. The fraction of sp³-hybridized carbons (Fsp3) is 0.231. The topological polar surface area (TPSA) is 80.2 Å². The minimum absolute atomic E-state index is 0.0364. The van der Waals surface area contributed by atoms with Crippen LogP contribution in [-0.2, 0) is 4.74 Å². The molecule has 1 heterocycles. The summed E-state index contributed by atoms with van der Waals surface area (Å²) in [5.74, 6) is -0.840. The molecule has 0 amide bonds. The van der Waals surface area contributed by atoms with Crippen LogP contribution in [0.3, 0.4) is 0 Å². The van der Waals surface area contributed by atoms with Gasteiger partial charge in [-0.2, -0.15) is 0 Å². The van der Waals surface area contributed by atoms with E-state index in [0.717, 1.165) is 4.91 Å². The van der Waals surface area contributed by atoms with E-state index in [1.165, 1.54) is 24.9 Å².